The molecule has 0 radical (unpaired) electrons. The molecule has 5 heteroatoms. The van der Waals surface area contributed by atoms with Crippen molar-refractivity contribution in [3.8, 4) is 5.75 Å². The molecule has 1 aromatic carbocycles. The van der Waals surface area contributed by atoms with Gasteiger partial charge in [-0.25, -0.2) is 0 Å². The van der Waals surface area contributed by atoms with Gasteiger partial charge in [-0.05, 0) is 51.5 Å². The summed E-state index contributed by atoms with van der Waals surface area (Å²) in [6, 6.07) is 6.16. The smallest absolute Gasteiger partial charge is 0.195 e. The Morgan fingerprint density at radius 2 is 2.16 bits per heavy atom. The standard InChI is InChI=1S/C14H19N3OS/c1-5-17-13(15-16-14(17)19)11(4)18-12-7-6-9(2)8-10(12)3/h6-8,11H,5H2,1-4H3,(H,16,19)/t11-/m0/s1. The average Bonchev–Trinajstić information content (AvgIpc) is 2.74. The zero-order valence-electron chi connectivity index (χ0n) is 11.7. The summed E-state index contributed by atoms with van der Waals surface area (Å²) in [6.45, 7) is 8.93. The van der Waals surface area contributed by atoms with Crippen LogP contribution in [-0.4, -0.2) is 14.8 Å². The number of aryl methyl sites for hydroxylation is 2. The van der Waals surface area contributed by atoms with E-state index in [1.165, 1.54) is 5.56 Å². The number of nitrogens with one attached hydrogen (secondary N) is 1. The van der Waals surface area contributed by atoms with E-state index in [4.69, 9.17) is 17.0 Å². The second kappa shape index (κ2) is 5.57. The van der Waals surface area contributed by atoms with Crippen LogP contribution in [0.15, 0.2) is 18.2 Å². The molecular formula is C14H19N3OS. The normalized spacial score (nSPS) is 12.4. The van der Waals surface area contributed by atoms with E-state index in [9.17, 15) is 0 Å². The summed E-state index contributed by atoms with van der Waals surface area (Å²) >= 11 is 5.19. The van der Waals surface area contributed by atoms with Crippen LogP contribution in [0.1, 0.15) is 36.9 Å². The lowest BCUT2D eigenvalue weighted by Gasteiger charge is -2.16. The summed E-state index contributed by atoms with van der Waals surface area (Å²) in [5, 5.41) is 7.07. The van der Waals surface area contributed by atoms with Gasteiger partial charge in [-0.15, -0.1) is 0 Å². The summed E-state index contributed by atoms with van der Waals surface area (Å²) in [6.07, 6.45) is -0.144. The van der Waals surface area contributed by atoms with Gasteiger partial charge in [0.15, 0.2) is 16.7 Å². The van der Waals surface area contributed by atoms with Gasteiger partial charge in [0.25, 0.3) is 0 Å². The lowest BCUT2D eigenvalue weighted by Crippen LogP contribution is -2.11. The second-order valence-corrected chi connectivity index (χ2v) is 5.05. The predicted molar refractivity (Wildman–Crippen MR) is 78.0 cm³/mol. The lowest BCUT2D eigenvalue weighted by atomic mass is 10.1. The first kappa shape index (κ1) is 13.8. The van der Waals surface area contributed by atoms with E-state index in [1.807, 2.05) is 37.5 Å². The third-order valence-electron chi connectivity index (χ3n) is 3.10. The number of H-pyrrole nitrogens is 1. The molecule has 0 aliphatic heterocycles. The van der Waals surface area contributed by atoms with Gasteiger partial charge in [0.1, 0.15) is 5.75 Å². The minimum absolute atomic E-state index is 0.144. The van der Waals surface area contributed by atoms with Crippen molar-refractivity contribution in [2.75, 3.05) is 0 Å². The number of rotatable bonds is 4. The minimum Gasteiger partial charge on any atom is -0.482 e. The van der Waals surface area contributed by atoms with E-state index < -0.39 is 0 Å². The highest BCUT2D eigenvalue weighted by molar-refractivity contribution is 7.71. The van der Waals surface area contributed by atoms with Crippen molar-refractivity contribution in [1.29, 1.82) is 0 Å². The van der Waals surface area contributed by atoms with Crippen LogP contribution in [0.3, 0.4) is 0 Å². The summed E-state index contributed by atoms with van der Waals surface area (Å²) in [5.41, 5.74) is 2.36. The highest BCUT2D eigenvalue weighted by Gasteiger charge is 2.15. The zero-order valence-corrected chi connectivity index (χ0v) is 12.5. The molecular weight excluding hydrogens is 258 g/mol. The number of aromatic amines is 1. The second-order valence-electron chi connectivity index (χ2n) is 4.66. The lowest BCUT2D eigenvalue weighted by molar-refractivity contribution is 0.209. The first-order valence-electron chi connectivity index (χ1n) is 6.42. The number of aromatic nitrogens is 3. The fraction of sp³-hybridized carbons (Fsp3) is 0.429. The quantitative estimate of drug-likeness (QED) is 0.866. The first-order chi connectivity index (χ1) is 9.02. The van der Waals surface area contributed by atoms with E-state index in [0.717, 1.165) is 23.7 Å². The molecule has 1 heterocycles. The van der Waals surface area contributed by atoms with E-state index in [2.05, 4.69) is 23.2 Å². The van der Waals surface area contributed by atoms with Gasteiger partial charge in [-0.2, -0.15) is 5.10 Å². The van der Waals surface area contributed by atoms with E-state index in [0.29, 0.717) is 4.77 Å². The maximum absolute atomic E-state index is 5.99. The maximum Gasteiger partial charge on any atom is 0.195 e. The van der Waals surface area contributed by atoms with E-state index >= 15 is 0 Å². The Balaban J connectivity index is 2.25. The van der Waals surface area contributed by atoms with Gasteiger partial charge in [0.2, 0.25) is 0 Å². The van der Waals surface area contributed by atoms with Crippen molar-refractivity contribution in [3.05, 3.63) is 39.9 Å². The molecule has 0 fully saturated rings. The van der Waals surface area contributed by atoms with Gasteiger partial charge in [0.05, 0.1) is 0 Å². The molecule has 102 valence electrons. The number of hydrogen-bond acceptors (Lipinski definition) is 3. The van der Waals surface area contributed by atoms with Crippen LogP contribution in [0, 0.1) is 18.6 Å². The molecule has 4 nitrogen and oxygen atoms in total. The molecule has 0 saturated heterocycles. The van der Waals surface area contributed by atoms with E-state index in [-0.39, 0.29) is 6.10 Å². The zero-order chi connectivity index (χ0) is 14.0. The van der Waals surface area contributed by atoms with Crippen LogP contribution in [0.2, 0.25) is 0 Å². The van der Waals surface area contributed by atoms with Gasteiger partial charge in [-0.3, -0.25) is 5.10 Å². The Kier molecular flexibility index (Phi) is 4.04. The third-order valence-corrected chi connectivity index (χ3v) is 3.41. The number of nitrogens with zero attached hydrogens (tertiary/aromatic N) is 2. The molecule has 0 unspecified atom stereocenters. The fourth-order valence-corrected chi connectivity index (χ4v) is 2.39. The molecule has 19 heavy (non-hydrogen) atoms. The topological polar surface area (TPSA) is 42.8 Å². The molecule has 0 amide bonds. The summed E-state index contributed by atoms with van der Waals surface area (Å²) < 4.78 is 8.57. The average molecular weight is 277 g/mol. The molecule has 0 aliphatic carbocycles. The molecule has 2 rings (SSSR count). The summed E-state index contributed by atoms with van der Waals surface area (Å²) in [4.78, 5) is 0. The van der Waals surface area contributed by atoms with Gasteiger partial charge in [0, 0.05) is 6.54 Å². The summed E-state index contributed by atoms with van der Waals surface area (Å²) in [7, 11) is 0. The third kappa shape index (κ3) is 2.87. The van der Waals surface area contributed by atoms with Crippen molar-refractivity contribution in [3.63, 3.8) is 0 Å². The molecule has 2 aromatic rings. The first-order valence-corrected chi connectivity index (χ1v) is 6.82. The van der Waals surface area contributed by atoms with Crippen molar-refractivity contribution >= 4 is 12.2 Å². The highest BCUT2D eigenvalue weighted by Crippen LogP contribution is 2.24. The van der Waals surface area contributed by atoms with Gasteiger partial charge >= 0.3 is 0 Å². The molecule has 1 aromatic heterocycles. The van der Waals surface area contributed by atoms with Crippen molar-refractivity contribution < 1.29 is 4.74 Å². The molecule has 0 spiro atoms. The Hall–Kier alpha value is -1.62. The molecule has 1 atom stereocenters. The Labute approximate surface area is 118 Å². The predicted octanol–water partition coefficient (Wildman–Crippen LogP) is 3.72. The summed E-state index contributed by atoms with van der Waals surface area (Å²) in [5.74, 6) is 1.71. The number of ether oxygens (including phenoxy) is 1. The van der Waals surface area contributed by atoms with Crippen LogP contribution in [0.5, 0.6) is 5.75 Å². The van der Waals surface area contributed by atoms with Crippen LogP contribution in [-0.2, 0) is 6.54 Å². The molecule has 0 saturated carbocycles. The van der Waals surface area contributed by atoms with Crippen LogP contribution >= 0.6 is 12.2 Å². The SMILES string of the molecule is CCn1c([C@H](C)Oc2ccc(C)cc2C)n[nH]c1=S. The monoisotopic (exact) mass is 277 g/mol. The van der Waals surface area contributed by atoms with Gasteiger partial charge in [-0.1, -0.05) is 17.7 Å². The minimum atomic E-state index is -0.144. The molecule has 0 aliphatic rings. The molecule has 0 bridgehead atoms. The largest absolute Gasteiger partial charge is 0.482 e. The van der Waals surface area contributed by atoms with Crippen molar-refractivity contribution in [2.45, 2.75) is 40.3 Å². The van der Waals surface area contributed by atoms with Gasteiger partial charge < -0.3 is 9.30 Å². The maximum atomic E-state index is 5.99. The number of benzene rings is 1. The van der Waals surface area contributed by atoms with E-state index in [1.54, 1.807) is 0 Å². The number of hydrogen-bond donors (Lipinski definition) is 1. The molecule has 1 N–H and O–H groups in total. The fourth-order valence-electron chi connectivity index (χ4n) is 2.12. The Bertz CT molecular complexity index is 630. The van der Waals surface area contributed by atoms with Crippen LogP contribution in [0.25, 0.3) is 0 Å². The van der Waals surface area contributed by atoms with Crippen molar-refractivity contribution in [2.24, 2.45) is 0 Å². The van der Waals surface area contributed by atoms with Crippen LogP contribution < -0.4 is 4.74 Å². The van der Waals surface area contributed by atoms with Crippen molar-refractivity contribution in [1.82, 2.24) is 14.8 Å². The Morgan fingerprint density at radius 1 is 1.42 bits per heavy atom. The van der Waals surface area contributed by atoms with Crippen LogP contribution in [0.4, 0.5) is 0 Å². The highest BCUT2D eigenvalue weighted by atomic mass is 32.1. The Morgan fingerprint density at radius 3 is 2.79 bits per heavy atom.